The van der Waals surface area contributed by atoms with Gasteiger partial charge in [0, 0.05) is 11.9 Å². The number of phenolic OH excluding ortho intramolecular Hbond substituents is 1. The molecule has 4 rings (SSSR count). The summed E-state index contributed by atoms with van der Waals surface area (Å²) in [7, 11) is -4.17. The number of rotatable bonds is 7. The summed E-state index contributed by atoms with van der Waals surface area (Å²) in [6.07, 6.45) is -8.90. The van der Waals surface area contributed by atoms with Crippen molar-refractivity contribution in [2.24, 2.45) is 10.2 Å². The molecule has 0 bridgehead atoms. The standard InChI is InChI=1S/C26H17F6N5O4S/c27-25(28,29)15-11-16(26(30,31)32)13-18(12-15)34-24(39)19-14-17(8-9-21(19)38)35-36-20-5-1-2-6-22(20)42(40,41)37-23-7-3-4-10-33-23/h1-14,38H,(H,33,37)(H,34,39). The highest BCUT2D eigenvalue weighted by Gasteiger charge is 2.37. The van der Waals surface area contributed by atoms with Gasteiger partial charge in [-0.1, -0.05) is 18.2 Å². The van der Waals surface area contributed by atoms with Gasteiger partial charge >= 0.3 is 12.4 Å². The highest BCUT2D eigenvalue weighted by atomic mass is 32.2. The van der Waals surface area contributed by atoms with Crippen molar-refractivity contribution in [3.05, 3.63) is 102 Å². The zero-order valence-electron chi connectivity index (χ0n) is 20.8. The number of halogens is 6. The number of carbonyl (C=O) groups excluding carboxylic acids is 1. The number of aromatic nitrogens is 1. The van der Waals surface area contributed by atoms with Gasteiger partial charge in [0.05, 0.1) is 22.4 Å². The molecule has 1 amide bonds. The van der Waals surface area contributed by atoms with Crippen molar-refractivity contribution in [1.29, 1.82) is 0 Å². The molecule has 3 aromatic carbocycles. The minimum Gasteiger partial charge on any atom is -0.507 e. The third-order valence-corrected chi connectivity index (χ3v) is 6.80. The SMILES string of the molecule is O=C(Nc1cc(C(F)(F)F)cc(C(F)(F)F)c1)c1cc(N=Nc2ccccc2S(=O)(=O)Nc2ccccn2)ccc1O. The Morgan fingerprint density at radius 3 is 2.07 bits per heavy atom. The lowest BCUT2D eigenvalue weighted by Gasteiger charge is -2.15. The van der Waals surface area contributed by atoms with Crippen LogP contribution in [0.5, 0.6) is 5.75 Å². The van der Waals surface area contributed by atoms with Crippen molar-refractivity contribution < 1.29 is 44.7 Å². The van der Waals surface area contributed by atoms with Crippen molar-refractivity contribution in [1.82, 2.24) is 4.98 Å². The summed E-state index contributed by atoms with van der Waals surface area (Å²) in [5.41, 5.74) is -4.91. The van der Waals surface area contributed by atoms with E-state index in [4.69, 9.17) is 0 Å². The molecule has 16 heteroatoms. The Balaban J connectivity index is 1.61. The van der Waals surface area contributed by atoms with E-state index in [-0.39, 0.29) is 28.2 Å². The Bertz CT molecular complexity index is 1730. The van der Waals surface area contributed by atoms with E-state index in [1.807, 2.05) is 5.32 Å². The Labute approximate surface area is 233 Å². The molecule has 1 aromatic heterocycles. The van der Waals surface area contributed by atoms with Crippen LogP contribution < -0.4 is 10.0 Å². The zero-order chi connectivity index (χ0) is 30.7. The number of pyridine rings is 1. The molecule has 0 saturated carbocycles. The number of sulfonamides is 1. The predicted molar refractivity (Wildman–Crippen MR) is 138 cm³/mol. The zero-order valence-corrected chi connectivity index (χ0v) is 21.6. The average Bonchev–Trinajstić information content (AvgIpc) is 2.92. The molecule has 9 nitrogen and oxygen atoms in total. The third kappa shape index (κ3) is 7.20. The van der Waals surface area contributed by atoms with Crippen molar-refractivity contribution >= 4 is 38.8 Å². The van der Waals surface area contributed by atoms with Gasteiger partial charge in [-0.25, -0.2) is 13.4 Å². The average molecular weight is 610 g/mol. The Morgan fingerprint density at radius 1 is 0.810 bits per heavy atom. The summed E-state index contributed by atoms with van der Waals surface area (Å²) >= 11 is 0. The minimum absolute atomic E-state index is 0.0431. The van der Waals surface area contributed by atoms with Crippen LogP contribution in [0.2, 0.25) is 0 Å². The number of phenols is 1. The Hall–Kier alpha value is -4.99. The second kappa shape index (κ2) is 11.5. The van der Waals surface area contributed by atoms with E-state index in [9.17, 15) is 44.7 Å². The van der Waals surface area contributed by atoms with Crippen LogP contribution in [-0.4, -0.2) is 24.4 Å². The smallest absolute Gasteiger partial charge is 0.416 e. The van der Waals surface area contributed by atoms with Gasteiger partial charge in [0.25, 0.3) is 15.9 Å². The molecule has 0 saturated heterocycles. The Morgan fingerprint density at radius 2 is 1.45 bits per heavy atom. The molecule has 42 heavy (non-hydrogen) atoms. The first-order valence-corrected chi connectivity index (χ1v) is 13.0. The molecule has 0 spiro atoms. The molecule has 4 aromatic rings. The summed E-state index contributed by atoms with van der Waals surface area (Å²) < 4.78 is 107. The van der Waals surface area contributed by atoms with E-state index < -0.39 is 56.4 Å². The second-order valence-electron chi connectivity index (χ2n) is 8.44. The van der Waals surface area contributed by atoms with Crippen LogP contribution in [0.25, 0.3) is 0 Å². The molecule has 0 aliphatic carbocycles. The topological polar surface area (TPSA) is 133 Å². The van der Waals surface area contributed by atoms with Crippen LogP contribution >= 0.6 is 0 Å². The summed E-state index contributed by atoms with van der Waals surface area (Å²) in [5.74, 6) is -1.88. The normalized spacial score (nSPS) is 12.3. The number of nitrogens with zero attached hydrogens (tertiary/aromatic N) is 3. The van der Waals surface area contributed by atoms with Gasteiger partial charge in [0.1, 0.15) is 22.2 Å². The second-order valence-corrected chi connectivity index (χ2v) is 10.1. The van der Waals surface area contributed by atoms with Crippen LogP contribution in [0.15, 0.2) is 100 Å². The van der Waals surface area contributed by atoms with E-state index in [1.54, 1.807) is 12.1 Å². The van der Waals surface area contributed by atoms with Gasteiger partial charge in [-0.3, -0.25) is 9.52 Å². The van der Waals surface area contributed by atoms with Gasteiger partial charge in [0.15, 0.2) is 0 Å². The number of anilines is 2. The maximum Gasteiger partial charge on any atom is 0.416 e. The van der Waals surface area contributed by atoms with Crippen molar-refractivity contribution in [2.75, 3.05) is 10.0 Å². The number of amides is 1. The molecular weight excluding hydrogens is 592 g/mol. The molecule has 1 heterocycles. The lowest BCUT2D eigenvalue weighted by molar-refractivity contribution is -0.143. The summed E-state index contributed by atoms with van der Waals surface area (Å²) in [5, 5.41) is 19.8. The number of alkyl halides is 6. The van der Waals surface area contributed by atoms with Gasteiger partial charge in [-0.2, -0.15) is 31.5 Å². The highest BCUT2D eigenvalue weighted by Crippen LogP contribution is 2.38. The molecule has 0 atom stereocenters. The first-order chi connectivity index (χ1) is 19.6. The molecule has 218 valence electrons. The van der Waals surface area contributed by atoms with Crippen LogP contribution in [0.3, 0.4) is 0 Å². The van der Waals surface area contributed by atoms with Crippen LogP contribution in [0.4, 0.5) is 49.2 Å². The minimum atomic E-state index is -5.14. The van der Waals surface area contributed by atoms with Gasteiger partial charge < -0.3 is 10.4 Å². The number of carbonyl (C=O) groups is 1. The number of hydrogen-bond acceptors (Lipinski definition) is 7. The van der Waals surface area contributed by atoms with E-state index in [1.165, 1.54) is 42.6 Å². The predicted octanol–water partition coefficient (Wildman–Crippen LogP) is 7.29. The maximum atomic E-state index is 13.2. The monoisotopic (exact) mass is 609 g/mol. The largest absolute Gasteiger partial charge is 0.507 e. The van der Waals surface area contributed by atoms with Crippen LogP contribution in [0, 0.1) is 0 Å². The fourth-order valence-corrected chi connectivity index (χ4v) is 4.64. The molecule has 0 aliphatic heterocycles. The molecule has 3 N–H and O–H groups in total. The quantitative estimate of drug-likeness (QED) is 0.149. The number of hydrogen-bond donors (Lipinski definition) is 3. The number of aromatic hydroxyl groups is 1. The van der Waals surface area contributed by atoms with Crippen molar-refractivity contribution in [2.45, 2.75) is 17.2 Å². The Kier molecular flexibility index (Phi) is 8.19. The first kappa shape index (κ1) is 30.0. The van der Waals surface area contributed by atoms with E-state index in [0.717, 1.165) is 12.1 Å². The number of nitrogens with one attached hydrogen (secondary N) is 2. The fraction of sp³-hybridized carbons (Fsp3) is 0.0769. The maximum absolute atomic E-state index is 13.2. The van der Waals surface area contributed by atoms with Crippen LogP contribution in [-0.2, 0) is 22.4 Å². The number of benzene rings is 3. The summed E-state index contributed by atoms with van der Waals surface area (Å²) in [4.78, 5) is 16.4. The van der Waals surface area contributed by atoms with Crippen LogP contribution in [0.1, 0.15) is 21.5 Å². The molecule has 0 radical (unpaired) electrons. The summed E-state index contributed by atoms with van der Waals surface area (Å²) in [6, 6.07) is 13.7. The van der Waals surface area contributed by atoms with Gasteiger partial charge in [-0.15, -0.1) is 5.11 Å². The van der Waals surface area contributed by atoms with E-state index >= 15 is 0 Å². The first-order valence-electron chi connectivity index (χ1n) is 11.5. The van der Waals surface area contributed by atoms with E-state index in [2.05, 4.69) is 19.9 Å². The summed E-state index contributed by atoms with van der Waals surface area (Å²) in [6.45, 7) is 0. The number of azo groups is 1. The van der Waals surface area contributed by atoms with Crippen molar-refractivity contribution in [3.63, 3.8) is 0 Å². The molecule has 0 aliphatic rings. The third-order valence-electron chi connectivity index (χ3n) is 5.40. The van der Waals surface area contributed by atoms with Gasteiger partial charge in [-0.05, 0) is 60.7 Å². The van der Waals surface area contributed by atoms with E-state index in [0.29, 0.717) is 12.1 Å². The highest BCUT2D eigenvalue weighted by molar-refractivity contribution is 7.92. The fourth-order valence-electron chi connectivity index (χ4n) is 3.49. The molecular formula is C26H17F6N5O4S. The lowest BCUT2D eigenvalue weighted by atomic mass is 10.1. The molecule has 0 unspecified atom stereocenters. The molecule has 0 fully saturated rings. The van der Waals surface area contributed by atoms with Gasteiger partial charge in [0.2, 0.25) is 0 Å². The lowest BCUT2D eigenvalue weighted by Crippen LogP contribution is -2.16. The van der Waals surface area contributed by atoms with Crippen molar-refractivity contribution in [3.8, 4) is 5.75 Å².